The molecule has 4 nitrogen and oxygen atoms in total. The van der Waals surface area contributed by atoms with Gasteiger partial charge in [0.1, 0.15) is 11.4 Å². The van der Waals surface area contributed by atoms with Crippen molar-refractivity contribution in [2.24, 2.45) is 0 Å². The number of hydrogen-bond acceptors (Lipinski definition) is 3. The molecular formula is C22H26N2O2. The monoisotopic (exact) mass is 350 g/mol. The van der Waals surface area contributed by atoms with Crippen molar-refractivity contribution in [1.29, 1.82) is 0 Å². The van der Waals surface area contributed by atoms with E-state index in [9.17, 15) is 4.79 Å². The van der Waals surface area contributed by atoms with Crippen molar-refractivity contribution in [3.05, 3.63) is 84.6 Å². The number of benzene rings is 2. The predicted octanol–water partition coefficient (Wildman–Crippen LogP) is 6.18. The van der Waals surface area contributed by atoms with E-state index in [1.165, 1.54) is 0 Å². The summed E-state index contributed by atoms with van der Waals surface area (Å²) in [7, 11) is 0. The Labute approximate surface area is 155 Å². The van der Waals surface area contributed by atoms with Gasteiger partial charge in [0.2, 0.25) is 5.88 Å². The molecule has 1 aromatic heterocycles. The lowest BCUT2D eigenvalue weighted by Crippen LogP contribution is -2.13. The van der Waals surface area contributed by atoms with E-state index in [1.54, 1.807) is 18.2 Å². The molecule has 136 valence electrons. The maximum Gasteiger partial charge on any atom is 0.274 e. The zero-order valence-electron chi connectivity index (χ0n) is 15.8. The molecule has 1 amide bonds. The first-order valence-electron chi connectivity index (χ1n) is 8.87. The van der Waals surface area contributed by atoms with Crippen LogP contribution in [0.1, 0.15) is 38.2 Å². The number of aromatic nitrogens is 1. The van der Waals surface area contributed by atoms with Gasteiger partial charge in [-0.25, -0.2) is 4.98 Å². The summed E-state index contributed by atoms with van der Waals surface area (Å²) in [5.41, 5.74) is 1.03. The summed E-state index contributed by atoms with van der Waals surface area (Å²) in [5, 5.41) is 2.79. The van der Waals surface area contributed by atoms with Crippen molar-refractivity contribution in [3.8, 4) is 11.6 Å². The van der Waals surface area contributed by atoms with Crippen LogP contribution in [0.4, 0.5) is 5.69 Å². The lowest BCUT2D eigenvalue weighted by molar-refractivity contribution is 0.102. The van der Waals surface area contributed by atoms with Crippen molar-refractivity contribution in [2.45, 2.75) is 27.7 Å². The maximum absolute atomic E-state index is 12.2. The largest absolute Gasteiger partial charge is 0.439 e. The van der Waals surface area contributed by atoms with E-state index >= 15 is 0 Å². The Kier molecular flexibility index (Phi) is 9.85. The zero-order chi connectivity index (χ0) is 19.2. The van der Waals surface area contributed by atoms with Crippen molar-refractivity contribution in [3.63, 3.8) is 0 Å². The Morgan fingerprint density at radius 3 is 1.96 bits per heavy atom. The van der Waals surface area contributed by atoms with E-state index < -0.39 is 0 Å². The van der Waals surface area contributed by atoms with Gasteiger partial charge in [0.15, 0.2) is 0 Å². The number of carbonyl (C=O) groups is 1. The minimum absolute atomic E-state index is 0.273. The molecule has 3 aromatic rings. The quantitative estimate of drug-likeness (QED) is 0.611. The third-order valence-electron chi connectivity index (χ3n) is 2.95. The highest BCUT2D eigenvalue weighted by Gasteiger charge is 2.09. The molecule has 0 spiro atoms. The molecule has 26 heavy (non-hydrogen) atoms. The fraction of sp³-hybridized carbons (Fsp3) is 0.182. The Balaban J connectivity index is 0.000000791. The summed E-state index contributed by atoms with van der Waals surface area (Å²) in [6, 6.07) is 23.7. The minimum atomic E-state index is -0.273. The first kappa shape index (κ1) is 20.9. The van der Waals surface area contributed by atoms with Crippen molar-refractivity contribution in [1.82, 2.24) is 4.98 Å². The summed E-state index contributed by atoms with van der Waals surface area (Å²) >= 11 is 0. The second kappa shape index (κ2) is 12.3. The molecule has 0 aliphatic rings. The molecule has 0 atom stereocenters. The Morgan fingerprint density at radius 1 is 0.769 bits per heavy atom. The Hall–Kier alpha value is -3.14. The van der Waals surface area contributed by atoms with Gasteiger partial charge in [-0.3, -0.25) is 4.79 Å². The molecule has 0 bridgehead atoms. The number of ether oxygens (including phenoxy) is 1. The van der Waals surface area contributed by atoms with E-state index in [0.717, 1.165) is 5.69 Å². The third kappa shape index (κ3) is 6.77. The first-order chi connectivity index (χ1) is 12.8. The van der Waals surface area contributed by atoms with Crippen LogP contribution in [0.5, 0.6) is 11.6 Å². The average Bonchev–Trinajstić information content (AvgIpc) is 2.73. The van der Waals surface area contributed by atoms with Crippen LogP contribution in [0.2, 0.25) is 0 Å². The van der Waals surface area contributed by atoms with E-state index in [1.807, 2.05) is 88.4 Å². The predicted molar refractivity (Wildman–Crippen MR) is 108 cm³/mol. The molecule has 0 unspecified atom stereocenters. The Bertz CT molecular complexity index is 759. The summed E-state index contributed by atoms with van der Waals surface area (Å²) < 4.78 is 5.63. The number of nitrogens with zero attached hydrogens (tertiary/aromatic N) is 1. The fourth-order valence-electron chi connectivity index (χ4n) is 1.92. The third-order valence-corrected chi connectivity index (χ3v) is 2.95. The van der Waals surface area contributed by atoms with Gasteiger partial charge in [-0.2, -0.15) is 0 Å². The maximum atomic E-state index is 12.2. The van der Waals surface area contributed by atoms with Gasteiger partial charge in [-0.05, 0) is 30.3 Å². The van der Waals surface area contributed by atoms with Gasteiger partial charge in [0.25, 0.3) is 5.91 Å². The molecule has 0 saturated carbocycles. The van der Waals surface area contributed by atoms with Crippen LogP contribution in [0.25, 0.3) is 0 Å². The van der Waals surface area contributed by atoms with Crippen LogP contribution in [-0.4, -0.2) is 10.9 Å². The molecule has 0 aliphatic carbocycles. The number of carbonyl (C=O) groups excluding carboxylic acids is 1. The fourth-order valence-corrected chi connectivity index (χ4v) is 1.92. The van der Waals surface area contributed by atoms with E-state index in [4.69, 9.17) is 4.74 Å². The van der Waals surface area contributed by atoms with E-state index in [-0.39, 0.29) is 5.91 Å². The van der Waals surface area contributed by atoms with Crippen LogP contribution in [0.15, 0.2) is 78.9 Å². The van der Waals surface area contributed by atoms with Crippen LogP contribution in [0.3, 0.4) is 0 Å². The zero-order valence-corrected chi connectivity index (χ0v) is 15.8. The molecule has 2 aromatic carbocycles. The summed E-state index contributed by atoms with van der Waals surface area (Å²) in [6.07, 6.45) is 0. The molecule has 1 N–H and O–H groups in total. The molecule has 0 saturated heterocycles. The van der Waals surface area contributed by atoms with Gasteiger partial charge < -0.3 is 10.1 Å². The van der Waals surface area contributed by atoms with Crippen LogP contribution >= 0.6 is 0 Å². The van der Waals surface area contributed by atoms with Gasteiger partial charge >= 0.3 is 0 Å². The highest BCUT2D eigenvalue weighted by atomic mass is 16.5. The standard InChI is InChI=1S/C18H14N2O2.2C2H6/c21-18(19-14-8-3-1-4-9-14)16-12-7-13-17(20-16)22-15-10-5-2-6-11-15;2*1-2/h1-13H,(H,19,21);2*1-2H3. The number of rotatable bonds is 4. The first-order valence-corrected chi connectivity index (χ1v) is 8.87. The number of nitrogens with one attached hydrogen (secondary N) is 1. The lowest BCUT2D eigenvalue weighted by Gasteiger charge is -2.07. The average molecular weight is 350 g/mol. The molecule has 0 fully saturated rings. The minimum Gasteiger partial charge on any atom is -0.439 e. The van der Waals surface area contributed by atoms with Gasteiger partial charge in [-0.15, -0.1) is 0 Å². The smallest absolute Gasteiger partial charge is 0.274 e. The molecular weight excluding hydrogens is 324 g/mol. The molecule has 3 rings (SSSR count). The van der Waals surface area contributed by atoms with Crippen molar-refractivity contribution >= 4 is 11.6 Å². The molecule has 0 aliphatic heterocycles. The summed E-state index contributed by atoms with van der Waals surface area (Å²) in [5.74, 6) is 0.784. The number of hydrogen-bond donors (Lipinski definition) is 1. The van der Waals surface area contributed by atoms with Crippen LogP contribution in [-0.2, 0) is 0 Å². The SMILES string of the molecule is CC.CC.O=C(Nc1ccccc1)c1cccc(Oc2ccccc2)n1. The van der Waals surface area contributed by atoms with Crippen LogP contribution < -0.4 is 10.1 Å². The Morgan fingerprint density at radius 2 is 1.35 bits per heavy atom. The number of pyridine rings is 1. The van der Waals surface area contributed by atoms with Crippen LogP contribution in [0, 0.1) is 0 Å². The number of para-hydroxylation sites is 2. The van der Waals surface area contributed by atoms with Gasteiger partial charge in [-0.1, -0.05) is 70.2 Å². The molecule has 4 heteroatoms. The number of anilines is 1. The topological polar surface area (TPSA) is 51.2 Å². The highest BCUT2D eigenvalue weighted by Crippen LogP contribution is 2.19. The summed E-state index contributed by atoms with van der Waals surface area (Å²) in [4.78, 5) is 16.4. The lowest BCUT2D eigenvalue weighted by atomic mass is 10.3. The van der Waals surface area contributed by atoms with Crippen molar-refractivity contribution in [2.75, 3.05) is 5.32 Å². The highest BCUT2D eigenvalue weighted by molar-refractivity contribution is 6.02. The normalized spacial score (nSPS) is 8.92. The van der Waals surface area contributed by atoms with Gasteiger partial charge in [0.05, 0.1) is 0 Å². The second-order valence-corrected chi connectivity index (χ2v) is 4.60. The molecule has 1 heterocycles. The summed E-state index contributed by atoms with van der Waals surface area (Å²) in [6.45, 7) is 8.00. The molecule has 0 radical (unpaired) electrons. The van der Waals surface area contributed by atoms with Gasteiger partial charge in [0, 0.05) is 11.8 Å². The van der Waals surface area contributed by atoms with E-state index in [0.29, 0.717) is 17.3 Å². The van der Waals surface area contributed by atoms with E-state index in [2.05, 4.69) is 10.3 Å². The number of amides is 1. The second-order valence-electron chi connectivity index (χ2n) is 4.60. The van der Waals surface area contributed by atoms with Crippen molar-refractivity contribution < 1.29 is 9.53 Å².